The highest BCUT2D eigenvalue weighted by atomic mass is 16.1. The Kier molecular flexibility index (Phi) is 2.45. The van der Waals surface area contributed by atoms with E-state index in [0.29, 0.717) is 11.5 Å². The Bertz CT molecular complexity index is 615. The zero-order chi connectivity index (χ0) is 12.8. The topological polar surface area (TPSA) is 56.0 Å². The summed E-state index contributed by atoms with van der Waals surface area (Å²) in [5.74, 6) is 0.363. The first-order valence-corrected chi connectivity index (χ1v) is 6.27. The monoisotopic (exact) mass is 240 g/mol. The molecule has 3 heteroatoms. The van der Waals surface area contributed by atoms with E-state index in [1.54, 1.807) is 6.20 Å². The van der Waals surface area contributed by atoms with Gasteiger partial charge in [-0.05, 0) is 37.8 Å². The lowest BCUT2D eigenvalue weighted by atomic mass is 9.87. The average molecular weight is 240 g/mol. The van der Waals surface area contributed by atoms with Crippen LogP contribution in [0, 0.1) is 5.92 Å². The first kappa shape index (κ1) is 11.4. The Balaban J connectivity index is 2.01. The third-order valence-electron chi connectivity index (χ3n) is 3.78. The van der Waals surface area contributed by atoms with Crippen molar-refractivity contribution in [2.45, 2.75) is 25.3 Å². The maximum Gasteiger partial charge on any atom is 0.182 e. The van der Waals surface area contributed by atoms with E-state index in [-0.39, 0.29) is 5.78 Å². The van der Waals surface area contributed by atoms with Gasteiger partial charge in [0.1, 0.15) is 0 Å². The molecule has 1 aliphatic carbocycles. The van der Waals surface area contributed by atoms with Crippen molar-refractivity contribution in [2.75, 3.05) is 0 Å². The Morgan fingerprint density at radius 3 is 2.89 bits per heavy atom. The summed E-state index contributed by atoms with van der Waals surface area (Å²) < 4.78 is 0. The maximum atomic E-state index is 12.4. The van der Waals surface area contributed by atoms with Gasteiger partial charge in [-0.25, -0.2) is 0 Å². The Labute approximate surface area is 106 Å². The highest BCUT2D eigenvalue weighted by molar-refractivity contribution is 6.05. The molecule has 3 nitrogen and oxygen atoms in total. The minimum atomic E-state index is -0.734. The molecule has 1 aromatic carbocycles. The smallest absolute Gasteiger partial charge is 0.182 e. The molecule has 1 fully saturated rings. The number of carbonyl (C=O) groups is 1. The largest absolute Gasteiger partial charge is 0.319 e. The predicted octanol–water partition coefficient (Wildman–Crippen LogP) is 2.54. The fraction of sp³-hybridized carbons (Fsp3) is 0.333. The van der Waals surface area contributed by atoms with Crippen molar-refractivity contribution in [3.63, 3.8) is 0 Å². The molecular formula is C15H16N2O. The van der Waals surface area contributed by atoms with Crippen molar-refractivity contribution in [3.8, 4) is 0 Å². The van der Waals surface area contributed by atoms with Crippen molar-refractivity contribution in [3.05, 3.63) is 42.1 Å². The van der Waals surface area contributed by atoms with Crippen molar-refractivity contribution in [1.29, 1.82) is 0 Å². The molecule has 92 valence electrons. The Morgan fingerprint density at radius 1 is 1.39 bits per heavy atom. The van der Waals surface area contributed by atoms with Gasteiger partial charge in [-0.3, -0.25) is 9.78 Å². The Morgan fingerprint density at radius 2 is 2.17 bits per heavy atom. The summed E-state index contributed by atoms with van der Waals surface area (Å²) in [6.07, 6.45) is 3.86. The molecule has 0 radical (unpaired) electrons. The van der Waals surface area contributed by atoms with Crippen molar-refractivity contribution >= 4 is 16.7 Å². The van der Waals surface area contributed by atoms with Gasteiger partial charge in [0.05, 0.1) is 11.1 Å². The zero-order valence-electron chi connectivity index (χ0n) is 10.4. The van der Waals surface area contributed by atoms with Gasteiger partial charge < -0.3 is 5.73 Å². The number of aromatic nitrogens is 1. The van der Waals surface area contributed by atoms with Gasteiger partial charge in [-0.15, -0.1) is 0 Å². The van der Waals surface area contributed by atoms with Crippen molar-refractivity contribution < 1.29 is 4.79 Å². The summed E-state index contributed by atoms with van der Waals surface area (Å²) in [6.45, 7) is 1.84. The second-order valence-corrected chi connectivity index (χ2v) is 5.30. The maximum absolute atomic E-state index is 12.4. The number of benzene rings is 1. The van der Waals surface area contributed by atoms with Crippen LogP contribution in [-0.2, 0) is 0 Å². The number of nitrogens with two attached hydrogens (primary N) is 1. The number of hydrogen-bond donors (Lipinski definition) is 1. The van der Waals surface area contributed by atoms with E-state index in [1.807, 2.05) is 37.3 Å². The SMILES string of the molecule is CC(N)(C(=O)c1ccc2cccnc2c1)C1CC1. The molecule has 1 unspecified atom stereocenters. The molecule has 3 rings (SSSR count). The second kappa shape index (κ2) is 3.89. The lowest BCUT2D eigenvalue weighted by Crippen LogP contribution is -2.47. The Hall–Kier alpha value is -1.74. The van der Waals surface area contributed by atoms with Crippen LogP contribution in [-0.4, -0.2) is 16.3 Å². The van der Waals surface area contributed by atoms with Crippen LogP contribution in [0.5, 0.6) is 0 Å². The van der Waals surface area contributed by atoms with Gasteiger partial charge in [0.25, 0.3) is 0 Å². The number of ketones is 1. The normalized spacial score (nSPS) is 18.6. The van der Waals surface area contributed by atoms with Crippen LogP contribution < -0.4 is 5.73 Å². The van der Waals surface area contributed by atoms with E-state index in [0.717, 1.165) is 23.7 Å². The molecule has 2 aromatic rings. The molecule has 0 amide bonds. The molecular weight excluding hydrogens is 224 g/mol. The molecule has 18 heavy (non-hydrogen) atoms. The first-order valence-electron chi connectivity index (χ1n) is 6.27. The van der Waals surface area contributed by atoms with Gasteiger partial charge in [0.2, 0.25) is 0 Å². The molecule has 1 atom stereocenters. The van der Waals surface area contributed by atoms with Crippen LogP contribution >= 0.6 is 0 Å². The number of rotatable bonds is 3. The molecule has 1 aliphatic rings. The molecule has 1 saturated carbocycles. The summed E-state index contributed by atoms with van der Waals surface area (Å²) in [7, 11) is 0. The molecule has 0 aliphatic heterocycles. The van der Waals surface area contributed by atoms with E-state index in [1.165, 1.54) is 0 Å². The second-order valence-electron chi connectivity index (χ2n) is 5.30. The molecule has 2 N–H and O–H groups in total. The molecule has 0 bridgehead atoms. The van der Waals surface area contributed by atoms with Crippen molar-refractivity contribution in [2.24, 2.45) is 11.7 Å². The lowest BCUT2D eigenvalue weighted by molar-refractivity contribution is 0.0883. The number of fused-ring (bicyclic) bond motifs is 1. The van der Waals surface area contributed by atoms with E-state index in [2.05, 4.69) is 4.98 Å². The lowest BCUT2D eigenvalue weighted by Gasteiger charge is -2.22. The number of hydrogen-bond acceptors (Lipinski definition) is 3. The molecule has 0 saturated heterocycles. The van der Waals surface area contributed by atoms with E-state index < -0.39 is 5.54 Å². The summed E-state index contributed by atoms with van der Waals surface area (Å²) in [4.78, 5) is 16.7. The first-order chi connectivity index (χ1) is 8.59. The van der Waals surface area contributed by atoms with Crippen LogP contribution in [0.25, 0.3) is 10.9 Å². The van der Waals surface area contributed by atoms with Gasteiger partial charge >= 0.3 is 0 Å². The summed E-state index contributed by atoms with van der Waals surface area (Å²) in [5.41, 5.74) is 6.95. The number of carbonyl (C=O) groups excluding carboxylic acids is 1. The zero-order valence-corrected chi connectivity index (χ0v) is 10.4. The van der Waals surface area contributed by atoms with Gasteiger partial charge in [0.15, 0.2) is 5.78 Å². The summed E-state index contributed by atoms with van der Waals surface area (Å²) in [6, 6.07) is 9.49. The standard InChI is InChI=1S/C15H16N2O/c1-15(16,12-6-7-12)14(18)11-5-4-10-3-2-8-17-13(10)9-11/h2-5,8-9,12H,6-7,16H2,1H3. The number of Topliss-reactive ketones (excluding diaryl/α,β-unsaturated/α-hetero) is 1. The fourth-order valence-corrected chi connectivity index (χ4v) is 2.39. The average Bonchev–Trinajstić information content (AvgIpc) is 3.22. The van der Waals surface area contributed by atoms with Crippen LogP contribution in [0.3, 0.4) is 0 Å². The van der Waals surface area contributed by atoms with Crippen LogP contribution in [0.2, 0.25) is 0 Å². The highest BCUT2D eigenvalue weighted by Crippen LogP contribution is 2.39. The van der Waals surface area contributed by atoms with Gasteiger partial charge in [0, 0.05) is 17.1 Å². The van der Waals surface area contributed by atoms with E-state index in [4.69, 9.17) is 5.73 Å². The van der Waals surface area contributed by atoms with Crippen molar-refractivity contribution in [1.82, 2.24) is 4.98 Å². The predicted molar refractivity (Wildman–Crippen MR) is 71.4 cm³/mol. The number of pyridine rings is 1. The fourth-order valence-electron chi connectivity index (χ4n) is 2.39. The third-order valence-corrected chi connectivity index (χ3v) is 3.78. The third kappa shape index (κ3) is 1.81. The van der Waals surface area contributed by atoms with Crippen LogP contribution in [0.1, 0.15) is 30.1 Å². The van der Waals surface area contributed by atoms with Gasteiger partial charge in [-0.2, -0.15) is 0 Å². The quantitative estimate of drug-likeness (QED) is 0.839. The minimum Gasteiger partial charge on any atom is -0.319 e. The number of nitrogens with zero attached hydrogens (tertiary/aromatic N) is 1. The van der Waals surface area contributed by atoms with E-state index in [9.17, 15) is 4.79 Å². The molecule has 1 aromatic heterocycles. The highest BCUT2D eigenvalue weighted by Gasteiger charge is 2.44. The van der Waals surface area contributed by atoms with E-state index >= 15 is 0 Å². The summed E-state index contributed by atoms with van der Waals surface area (Å²) >= 11 is 0. The van der Waals surface area contributed by atoms with Gasteiger partial charge in [-0.1, -0.05) is 18.2 Å². The van der Waals surface area contributed by atoms with Crippen LogP contribution in [0.15, 0.2) is 36.5 Å². The van der Waals surface area contributed by atoms with Crippen LogP contribution in [0.4, 0.5) is 0 Å². The molecule has 1 heterocycles. The summed E-state index contributed by atoms with van der Waals surface area (Å²) in [5, 5.41) is 1.04. The molecule has 0 spiro atoms. The minimum absolute atomic E-state index is 0.0255.